The van der Waals surface area contributed by atoms with Gasteiger partial charge in [-0.05, 0) is 35.7 Å². The monoisotopic (exact) mass is 270 g/mol. The number of benzene rings is 2. The number of rotatable bonds is 6. The highest BCUT2D eigenvalue weighted by atomic mass is 16.1. The van der Waals surface area contributed by atoms with Gasteiger partial charge in [-0.3, -0.25) is 4.79 Å². The first-order valence-corrected chi connectivity index (χ1v) is 7.17. The van der Waals surface area contributed by atoms with Gasteiger partial charge in [0, 0.05) is 12.5 Å². The molecule has 0 heterocycles. The predicted octanol–water partition coefficient (Wildman–Crippen LogP) is 2.83. The Hall–Kier alpha value is -1.87. The molecule has 0 radical (unpaired) electrons. The molecule has 0 aliphatic rings. The predicted molar refractivity (Wildman–Crippen MR) is 83.2 cm³/mol. The van der Waals surface area contributed by atoms with Crippen molar-refractivity contribution >= 4 is 16.7 Å². The summed E-state index contributed by atoms with van der Waals surface area (Å²) in [6.45, 7) is 3.17. The normalized spacial score (nSPS) is 12.3. The van der Waals surface area contributed by atoms with Crippen LogP contribution in [0.5, 0.6) is 0 Å². The smallest absolute Gasteiger partial charge is 0.223 e. The largest absolute Gasteiger partial charge is 0.352 e. The minimum Gasteiger partial charge on any atom is -0.352 e. The summed E-state index contributed by atoms with van der Waals surface area (Å²) in [4.78, 5) is 12.0. The van der Waals surface area contributed by atoms with Crippen LogP contribution >= 0.6 is 0 Å². The van der Waals surface area contributed by atoms with Crippen LogP contribution in [-0.2, 0) is 11.3 Å². The van der Waals surface area contributed by atoms with E-state index >= 15 is 0 Å². The number of nitrogens with two attached hydrogens (primary N) is 1. The van der Waals surface area contributed by atoms with E-state index in [0.717, 1.165) is 18.4 Å². The molecule has 0 spiro atoms. The minimum absolute atomic E-state index is 0.0218. The Kier molecular flexibility index (Phi) is 5.13. The first-order chi connectivity index (χ1) is 9.72. The maximum Gasteiger partial charge on any atom is 0.223 e. The van der Waals surface area contributed by atoms with E-state index in [9.17, 15) is 4.79 Å². The third-order valence-electron chi connectivity index (χ3n) is 3.62. The third-order valence-corrected chi connectivity index (χ3v) is 3.62. The molecule has 106 valence electrons. The topological polar surface area (TPSA) is 55.1 Å². The molecule has 0 aliphatic heterocycles. The zero-order valence-electron chi connectivity index (χ0n) is 11.9. The van der Waals surface area contributed by atoms with Gasteiger partial charge in [0.1, 0.15) is 0 Å². The van der Waals surface area contributed by atoms with E-state index in [1.54, 1.807) is 0 Å². The average Bonchev–Trinajstić information content (AvgIpc) is 2.50. The summed E-state index contributed by atoms with van der Waals surface area (Å²) >= 11 is 0. The van der Waals surface area contributed by atoms with E-state index in [1.165, 1.54) is 10.8 Å². The van der Waals surface area contributed by atoms with Crippen molar-refractivity contribution in [1.82, 2.24) is 5.32 Å². The number of nitrogens with one attached hydrogen (secondary N) is 1. The second-order valence-electron chi connectivity index (χ2n) is 5.19. The summed E-state index contributed by atoms with van der Waals surface area (Å²) in [5.74, 6) is 0.125. The number of hydrogen-bond donors (Lipinski definition) is 2. The number of carbonyl (C=O) groups is 1. The molecule has 3 heteroatoms. The summed E-state index contributed by atoms with van der Waals surface area (Å²) in [5, 5.41) is 5.42. The maximum absolute atomic E-state index is 12.0. The lowest BCUT2D eigenvalue weighted by Gasteiger charge is -2.13. The van der Waals surface area contributed by atoms with Crippen LogP contribution in [0.2, 0.25) is 0 Å². The Bertz CT molecular complexity index is 575. The van der Waals surface area contributed by atoms with Gasteiger partial charge in [-0.25, -0.2) is 0 Å². The van der Waals surface area contributed by atoms with Gasteiger partial charge in [0.25, 0.3) is 0 Å². The van der Waals surface area contributed by atoms with Gasteiger partial charge in [-0.15, -0.1) is 0 Å². The average molecular weight is 270 g/mol. The number of hydrogen-bond acceptors (Lipinski definition) is 2. The molecular weight excluding hydrogens is 248 g/mol. The van der Waals surface area contributed by atoms with E-state index in [1.807, 2.05) is 25.1 Å². The maximum atomic E-state index is 12.0. The van der Waals surface area contributed by atoms with Crippen molar-refractivity contribution in [3.63, 3.8) is 0 Å². The van der Waals surface area contributed by atoms with Gasteiger partial charge in [0.05, 0.1) is 0 Å². The SMILES string of the molecule is CC(CCCN)C(=O)NCc1cccc2ccccc12. The van der Waals surface area contributed by atoms with Gasteiger partial charge in [0.2, 0.25) is 5.91 Å². The van der Waals surface area contributed by atoms with Crippen molar-refractivity contribution in [2.24, 2.45) is 11.7 Å². The van der Waals surface area contributed by atoms with Crippen molar-refractivity contribution in [3.05, 3.63) is 48.0 Å². The Balaban J connectivity index is 2.01. The lowest BCUT2D eigenvalue weighted by molar-refractivity contribution is -0.124. The fourth-order valence-electron chi connectivity index (χ4n) is 2.36. The van der Waals surface area contributed by atoms with Crippen LogP contribution in [0.4, 0.5) is 0 Å². The highest BCUT2D eigenvalue weighted by Crippen LogP contribution is 2.18. The molecule has 1 amide bonds. The van der Waals surface area contributed by atoms with E-state index in [4.69, 9.17) is 5.73 Å². The van der Waals surface area contributed by atoms with E-state index in [-0.39, 0.29) is 11.8 Å². The van der Waals surface area contributed by atoms with Gasteiger partial charge in [-0.1, -0.05) is 49.4 Å². The van der Waals surface area contributed by atoms with Crippen LogP contribution in [0.15, 0.2) is 42.5 Å². The van der Waals surface area contributed by atoms with Gasteiger partial charge >= 0.3 is 0 Å². The van der Waals surface area contributed by atoms with Crippen LogP contribution in [0.3, 0.4) is 0 Å². The lowest BCUT2D eigenvalue weighted by Crippen LogP contribution is -2.29. The number of carbonyl (C=O) groups excluding carboxylic acids is 1. The molecular formula is C17H22N2O. The molecule has 20 heavy (non-hydrogen) atoms. The zero-order chi connectivity index (χ0) is 14.4. The van der Waals surface area contributed by atoms with Crippen molar-refractivity contribution in [2.75, 3.05) is 6.54 Å². The zero-order valence-corrected chi connectivity index (χ0v) is 11.9. The lowest BCUT2D eigenvalue weighted by atomic mass is 10.0. The molecule has 0 saturated heterocycles. The molecule has 0 fully saturated rings. The summed E-state index contributed by atoms with van der Waals surface area (Å²) in [6, 6.07) is 14.4. The van der Waals surface area contributed by atoms with Crippen LogP contribution < -0.4 is 11.1 Å². The quantitative estimate of drug-likeness (QED) is 0.848. The number of amides is 1. The Labute approximate surface area is 120 Å². The highest BCUT2D eigenvalue weighted by Gasteiger charge is 2.12. The van der Waals surface area contributed by atoms with Gasteiger partial charge in [0.15, 0.2) is 0 Å². The summed E-state index contributed by atoms with van der Waals surface area (Å²) in [6.07, 6.45) is 1.74. The molecule has 0 aliphatic carbocycles. The molecule has 0 bridgehead atoms. The molecule has 2 rings (SSSR count). The molecule has 1 atom stereocenters. The van der Waals surface area contributed by atoms with Gasteiger partial charge < -0.3 is 11.1 Å². The third kappa shape index (κ3) is 3.58. The molecule has 1 unspecified atom stereocenters. The van der Waals surface area contributed by atoms with Crippen LogP contribution in [-0.4, -0.2) is 12.5 Å². The van der Waals surface area contributed by atoms with Crippen LogP contribution in [0.25, 0.3) is 10.8 Å². The fraction of sp³-hybridized carbons (Fsp3) is 0.353. The Morgan fingerprint density at radius 2 is 1.95 bits per heavy atom. The summed E-state index contributed by atoms with van der Waals surface area (Å²) < 4.78 is 0. The van der Waals surface area contributed by atoms with Crippen LogP contribution in [0.1, 0.15) is 25.3 Å². The molecule has 3 N–H and O–H groups in total. The second-order valence-corrected chi connectivity index (χ2v) is 5.19. The van der Waals surface area contributed by atoms with Crippen molar-refractivity contribution in [2.45, 2.75) is 26.3 Å². The second kappa shape index (κ2) is 7.06. The molecule has 0 saturated carbocycles. The fourth-order valence-corrected chi connectivity index (χ4v) is 2.36. The summed E-state index contributed by atoms with van der Waals surface area (Å²) in [7, 11) is 0. The Morgan fingerprint density at radius 1 is 1.20 bits per heavy atom. The first-order valence-electron chi connectivity index (χ1n) is 7.17. The molecule has 3 nitrogen and oxygen atoms in total. The Morgan fingerprint density at radius 3 is 2.75 bits per heavy atom. The first kappa shape index (κ1) is 14.5. The molecule has 2 aromatic carbocycles. The van der Waals surface area contributed by atoms with Crippen LogP contribution in [0, 0.1) is 5.92 Å². The summed E-state index contributed by atoms with van der Waals surface area (Å²) in [5.41, 5.74) is 6.63. The molecule has 0 aromatic heterocycles. The molecule has 2 aromatic rings. The standard InChI is InChI=1S/C17H22N2O/c1-13(6-5-11-18)17(20)19-12-15-9-4-8-14-7-2-3-10-16(14)15/h2-4,7-10,13H,5-6,11-12,18H2,1H3,(H,19,20). The van der Waals surface area contributed by atoms with E-state index in [2.05, 4.69) is 29.6 Å². The van der Waals surface area contributed by atoms with E-state index < -0.39 is 0 Å². The van der Waals surface area contributed by atoms with Gasteiger partial charge in [-0.2, -0.15) is 0 Å². The van der Waals surface area contributed by atoms with Crippen molar-refractivity contribution in [3.8, 4) is 0 Å². The van der Waals surface area contributed by atoms with Crippen molar-refractivity contribution in [1.29, 1.82) is 0 Å². The number of fused-ring (bicyclic) bond motifs is 1. The van der Waals surface area contributed by atoms with E-state index in [0.29, 0.717) is 13.1 Å². The highest BCUT2D eigenvalue weighted by molar-refractivity contribution is 5.86. The minimum atomic E-state index is 0.0218. The van der Waals surface area contributed by atoms with Crippen molar-refractivity contribution < 1.29 is 4.79 Å².